The molecule has 1 aliphatic heterocycles. The van der Waals surface area contributed by atoms with Gasteiger partial charge in [-0.15, -0.1) is 0 Å². The van der Waals surface area contributed by atoms with Gasteiger partial charge in [0.2, 0.25) is 0 Å². The summed E-state index contributed by atoms with van der Waals surface area (Å²) in [4.78, 5) is 36.8. The van der Waals surface area contributed by atoms with E-state index in [-0.39, 0.29) is 31.4 Å². The third-order valence-corrected chi connectivity index (χ3v) is 9.22. The number of carboxylic acids is 2. The van der Waals surface area contributed by atoms with Crippen LogP contribution in [-0.4, -0.2) is 122 Å². The number of rotatable bonds is 21. The molecule has 2 fully saturated rings. The molecule has 0 aromatic carbocycles. The first kappa shape index (κ1) is 42.3. The summed E-state index contributed by atoms with van der Waals surface area (Å²) in [7, 11) is 0. The Balaban J connectivity index is 1.93. The summed E-state index contributed by atoms with van der Waals surface area (Å²) in [6.07, 6.45) is -3.85. The quantitative estimate of drug-likeness (QED) is 0.0806. The Hall–Kier alpha value is -1.91. The van der Waals surface area contributed by atoms with E-state index in [9.17, 15) is 50.1 Å². The standard InChI is InChI=1S/C34H61NO13/c1-5-6-7-8-9-10-11-12-13-14-17-46-22-18-21(32(44)45)28(25(38)23(22)36)47-33-27(40)24(37)26(39)29(48-33)30(41)35-16-15-20(31(42)43)19-34(2,3)4/h20-29,33,36-40H,5-19H2,1-4H3,(H,35,41)(H,42,43)(H,44,45)/t20-,21+,22-,23+,24+,25-,26+,27-,28-,29+,33-/m1/s1. The maximum absolute atomic E-state index is 12.9. The number of ether oxygens (including phenoxy) is 3. The average Bonchev–Trinajstić information content (AvgIpc) is 3.01. The van der Waals surface area contributed by atoms with Crippen LogP contribution in [0, 0.1) is 17.3 Å². The molecule has 14 heteroatoms. The summed E-state index contributed by atoms with van der Waals surface area (Å²) in [5, 5.41) is 75.2. The minimum atomic E-state index is -1.95. The second-order valence-electron chi connectivity index (χ2n) is 14.6. The van der Waals surface area contributed by atoms with Gasteiger partial charge >= 0.3 is 11.9 Å². The Morgan fingerprint density at radius 3 is 1.94 bits per heavy atom. The van der Waals surface area contributed by atoms with Crippen LogP contribution < -0.4 is 5.32 Å². The molecule has 1 heterocycles. The Morgan fingerprint density at radius 1 is 0.812 bits per heavy atom. The number of nitrogens with one attached hydrogen (secondary N) is 1. The topological polar surface area (TPSA) is 233 Å². The van der Waals surface area contributed by atoms with Crippen molar-refractivity contribution in [1.29, 1.82) is 0 Å². The Bertz CT molecular complexity index is 975. The number of carbonyl (C=O) groups excluding carboxylic acids is 1. The monoisotopic (exact) mass is 691 g/mol. The molecule has 2 rings (SSSR count). The lowest BCUT2D eigenvalue weighted by atomic mass is 9.80. The number of aliphatic hydroxyl groups is 5. The molecule has 1 saturated carbocycles. The van der Waals surface area contributed by atoms with Crippen LogP contribution in [0.5, 0.6) is 0 Å². The molecule has 0 aromatic heterocycles. The van der Waals surface area contributed by atoms with E-state index in [1.54, 1.807) is 0 Å². The summed E-state index contributed by atoms with van der Waals surface area (Å²) >= 11 is 0. The molecule has 8 N–H and O–H groups in total. The highest BCUT2D eigenvalue weighted by Gasteiger charge is 2.53. The van der Waals surface area contributed by atoms with Gasteiger partial charge in [-0.2, -0.15) is 0 Å². The molecule has 2 aliphatic rings. The zero-order valence-electron chi connectivity index (χ0n) is 29.0. The fourth-order valence-corrected chi connectivity index (χ4v) is 6.44. The second kappa shape index (κ2) is 20.7. The van der Waals surface area contributed by atoms with Crippen molar-refractivity contribution in [3.63, 3.8) is 0 Å². The number of carbonyl (C=O) groups is 3. The first-order valence-corrected chi connectivity index (χ1v) is 17.6. The predicted octanol–water partition coefficient (Wildman–Crippen LogP) is 1.95. The summed E-state index contributed by atoms with van der Waals surface area (Å²) in [5.41, 5.74) is -0.273. The summed E-state index contributed by atoms with van der Waals surface area (Å²) in [6.45, 7) is 8.06. The third kappa shape index (κ3) is 13.4. The van der Waals surface area contributed by atoms with Gasteiger partial charge in [0, 0.05) is 13.2 Å². The van der Waals surface area contributed by atoms with Gasteiger partial charge in [-0.25, -0.2) is 0 Å². The predicted molar refractivity (Wildman–Crippen MR) is 174 cm³/mol. The minimum absolute atomic E-state index is 0.0845. The highest BCUT2D eigenvalue weighted by Crippen LogP contribution is 2.34. The average molecular weight is 692 g/mol. The zero-order valence-corrected chi connectivity index (χ0v) is 29.0. The van der Waals surface area contributed by atoms with Crippen LogP contribution in [0.4, 0.5) is 0 Å². The molecule has 48 heavy (non-hydrogen) atoms. The smallest absolute Gasteiger partial charge is 0.309 e. The Kier molecular flexibility index (Phi) is 18.2. The van der Waals surface area contributed by atoms with E-state index in [0.29, 0.717) is 12.8 Å². The van der Waals surface area contributed by atoms with Gasteiger partial charge < -0.3 is 55.3 Å². The van der Waals surface area contributed by atoms with E-state index in [2.05, 4.69) is 12.2 Å². The number of amides is 1. The van der Waals surface area contributed by atoms with Gasteiger partial charge in [-0.3, -0.25) is 14.4 Å². The van der Waals surface area contributed by atoms with Crippen molar-refractivity contribution in [2.75, 3.05) is 13.2 Å². The van der Waals surface area contributed by atoms with E-state index in [1.165, 1.54) is 38.5 Å². The normalized spacial score (nSPS) is 31.7. The number of hydrogen-bond acceptors (Lipinski definition) is 11. The molecule has 1 aliphatic carbocycles. The molecular weight excluding hydrogens is 630 g/mol. The highest BCUT2D eigenvalue weighted by molar-refractivity contribution is 5.81. The highest BCUT2D eigenvalue weighted by atomic mass is 16.7. The Morgan fingerprint density at radius 2 is 1.40 bits per heavy atom. The molecule has 0 unspecified atom stereocenters. The summed E-state index contributed by atoms with van der Waals surface area (Å²) in [6, 6.07) is 0. The van der Waals surface area contributed by atoms with Crippen LogP contribution in [0.2, 0.25) is 0 Å². The van der Waals surface area contributed by atoms with Crippen LogP contribution >= 0.6 is 0 Å². The first-order valence-electron chi connectivity index (χ1n) is 17.6. The molecule has 14 nitrogen and oxygen atoms in total. The molecule has 0 radical (unpaired) electrons. The van der Waals surface area contributed by atoms with Crippen LogP contribution in [-0.2, 0) is 28.6 Å². The molecule has 0 bridgehead atoms. The fraction of sp³-hybridized carbons (Fsp3) is 0.912. The molecule has 1 saturated heterocycles. The lowest BCUT2D eigenvalue weighted by Crippen LogP contribution is -2.64. The molecular formula is C34H61NO13. The second-order valence-corrected chi connectivity index (χ2v) is 14.6. The van der Waals surface area contributed by atoms with Crippen LogP contribution in [0.1, 0.15) is 111 Å². The van der Waals surface area contributed by atoms with E-state index >= 15 is 0 Å². The number of aliphatic hydroxyl groups excluding tert-OH is 5. The van der Waals surface area contributed by atoms with E-state index in [4.69, 9.17) is 14.2 Å². The SMILES string of the molecule is CCCCCCCCCCCCO[C@@H]1C[C@H](C(=O)O)[C@@H](O[C@@H]2O[C@H](C(=O)NCC[C@H](CC(C)(C)C)C(=O)O)[C@@H](O)[C@H](O)[C@H]2O)[C@H](O)[C@H]1O. The van der Waals surface area contributed by atoms with Gasteiger partial charge in [0.05, 0.1) is 17.9 Å². The molecule has 1 amide bonds. The third-order valence-electron chi connectivity index (χ3n) is 9.22. The van der Waals surface area contributed by atoms with Gasteiger partial charge in [-0.05, 0) is 31.1 Å². The van der Waals surface area contributed by atoms with Crippen molar-refractivity contribution in [2.45, 2.75) is 166 Å². The van der Waals surface area contributed by atoms with Gasteiger partial charge in [0.1, 0.15) is 36.6 Å². The molecule has 0 spiro atoms. The molecule has 0 aromatic rings. The zero-order chi connectivity index (χ0) is 36.0. The van der Waals surface area contributed by atoms with Crippen LogP contribution in [0.3, 0.4) is 0 Å². The van der Waals surface area contributed by atoms with E-state index in [0.717, 1.165) is 19.3 Å². The first-order chi connectivity index (χ1) is 22.6. The minimum Gasteiger partial charge on any atom is -0.481 e. The lowest BCUT2D eigenvalue weighted by molar-refractivity contribution is -0.321. The summed E-state index contributed by atoms with van der Waals surface area (Å²) < 4.78 is 16.9. The van der Waals surface area contributed by atoms with E-state index < -0.39 is 84.8 Å². The van der Waals surface area contributed by atoms with Crippen LogP contribution in [0.15, 0.2) is 0 Å². The lowest BCUT2D eigenvalue weighted by Gasteiger charge is -2.45. The van der Waals surface area contributed by atoms with E-state index in [1.807, 2.05) is 20.8 Å². The van der Waals surface area contributed by atoms with Crippen molar-refractivity contribution in [1.82, 2.24) is 5.32 Å². The number of aliphatic carboxylic acids is 2. The van der Waals surface area contributed by atoms with Gasteiger partial charge in [-0.1, -0.05) is 85.5 Å². The maximum atomic E-state index is 12.9. The van der Waals surface area contributed by atoms with Crippen LogP contribution in [0.25, 0.3) is 0 Å². The van der Waals surface area contributed by atoms with Crippen molar-refractivity contribution < 1.29 is 64.3 Å². The molecule has 11 atom stereocenters. The maximum Gasteiger partial charge on any atom is 0.309 e. The number of carboxylic acid groups (broad SMARTS) is 2. The largest absolute Gasteiger partial charge is 0.481 e. The van der Waals surface area contributed by atoms with Crippen molar-refractivity contribution >= 4 is 17.8 Å². The number of unbranched alkanes of at least 4 members (excludes halogenated alkanes) is 9. The number of hydrogen-bond donors (Lipinski definition) is 8. The van der Waals surface area contributed by atoms with Crippen molar-refractivity contribution in [2.24, 2.45) is 17.3 Å². The van der Waals surface area contributed by atoms with Crippen molar-refractivity contribution in [3.05, 3.63) is 0 Å². The fourth-order valence-electron chi connectivity index (χ4n) is 6.44. The Labute approximate surface area is 284 Å². The van der Waals surface area contributed by atoms with Gasteiger partial charge in [0.25, 0.3) is 5.91 Å². The molecule has 280 valence electrons. The van der Waals surface area contributed by atoms with Crippen molar-refractivity contribution in [3.8, 4) is 0 Å². The summed E-state index contributed by atoms with van der Waals surface area (Å²) in [5.74, 6) is -5.44. The van der Waals surface area contributed by atoms with Gasteiger partial charge in [0.15, 0.2) is 12.4 Å².